The lowest BCUT2D eigenvalue weighted by atomic mass is 10.1. The Morgan fingerprint density at radius 3 is 2.62 bits per heavy atom. The number of rotatable bonds is 5. The molecule has 1 atom stereocenters. The van der Waals surface area contributed by atoms with Crippen LogP contribution in [-0.2, 0) is 17.8 Å². The van der Waals surface area contributed by atoms with E-state index in [0.717, 1.165) is 6.42 Å². The maximum absolute atomic E-state index is 5.80. The molecule has 0 amide bonds. The highest BCUT2D eigenvalue weighted by molar-refractivity contribution is 5.17. The molecule has 2 aromatic rings. The van der Waals surface area contributed by atoms with Crippen molar-refractivity contribution >= 4 is 0 Å². The van der Waals surface area contributed by atoms with E-state index in [1.807, 2.05) is 18.2 Å². The van der Waals surface area contributed by atoms with Crippen molar-refractivity contribution in [3.63, 3.8) is 0 Å². The fourth-order valence-electron chi connectivity index (χ4n) is 1.75. The van der Waals surface area contributed by atoms with Gasteiger partial charge in [0.05, 0.1) is 12.7 Å². The van der Waals surface area contributed by atoms with Gasteiger partial charge in [0, 0.05) is 0 Å². The minimum atomic E-state index is 0.266. The fraction of sp³-hybridized carbons (Fsp3) is 0.267. The van der Waals surface area contributed by atoms with Crippen molar-refractivity contribution in [3.05, 3.63) is 65.7 Å². The molecule has 0 N–H and O–H groups in total. The third-order valence-corrected chi connectivity index (χ3v) is 2.63. The van der Waals surface area contributed by atoms with E-state index in [1.54, 1.807) is 0 Å². The third kappa shape index (κ3) is 3.28. The van der Waals surface area contributed by atoms with Crippen LogP contribution in [0.25, 0.3) is 0 Å². The molecule has 0 saturated heterocycles. The van der Waals surface area contributed by atoms with Gasteiger partial charge >= 0.3 is 0 Å². The van der Waals surface area contributed by atoms with Crippen LogP contribution in [0, 0.1) is 0 Å². The molecule has 0 aliphatic carbocycles. The lowest BCUT2D eigenvalue weighted by Gasteiger charge is -2.14. The summed E-state index contributed by atoms with van der Waals surface area (Å²) in [6, 6.07) is 18.7. The van der Waals surface area contributed by atoms with Crippen LogP contribution in [0.3, 0.4) is 0 Å². The Morgan fingerprint density at radius 2 is 1.94 bits per heavy atom. The molecule has 0 heterocycles. The molecule has 2 aromatic carbocycles. The topological polar surface area (TPSA) is 9.23 Å². The maximum Gasteiger partial charge on any atom is 0.0720 e. The molecule has 0 bridgehead atoms. The Bertz CT molecular complexity index is 389. The highest BCUT2D eigenvalue weighted by atomic mass is 16.5. The molecule has 0 aliphatic rings. The number of benzene rings is 1. The van der Waals surface area contributed by atoms with E-state index in [0.29, 0.717) is 6.61 Å². The zero-order valence-corrected chi connectivity index (χ0v) is 9.60. The average molecular weight is 213 g/mol. The van der Waals surface area contributed by atoms with Gasteiger partial charge in [-0.2, -0.15) is 17.7 Å². The summed E-state index contributed by atoms with van der Waals surface area (Å²) >= 11 is 0. The first-order chi connectivity index (χ1) is 7.84. The Hall–Kier alpha value is -1.47. The molecule has 16 heavy (non-hydrogen) atoms. The fourth-order valence-corrected chi connectivity index (χ4v) is 1.75. The van der Waals surface area contributed by atoms with E-state index in [-0.39, 0.29) is 6.10 Å². The Morgan fingerprint density at radius 1 is 1.12 bits per heavy atom. The van der Waals surface area contributed by atoms with Gasteiger partial charge in [0.2, 0.25) is 0 Å². The van der Waals surface area contributed by atoms with Gasteiger partial charge in [0.25, 0.3) is 0 Å². The average Bonchev–Trinajstić information content (AvgIpc) is 2.81. The van der Waals surface area contributed by atoms with Gasteiger partial charge in [0.1, 0.15) is 0 Å². The summed E-state index contributed by atoms with van der Waals surface area (Å²) in [6.45, 7) is 2.82. The van der Waals surface area contributed by atoms with E-state index in [4.69, 9.17) is 4.74 Å². The van der Waals surface area contributed by atoms with Gasteiger partial charge in [0.15, 0.2) is 0 Å². The second kappa shape index (κ2) is 5.57. The Balaban J connectivity index is 1.78. The van der Waals surface area contributed by atoms with Crippen LogP contribution in [0.1, 0.15) is 18.1 Å². The zero-order chi connectivity index (χ0) is 11.2. The lowest BCUT2D eigenvalue weighted by molar-refractivity contribution is 0.0536. The quantitative estimate of drug-likeness (QED) is 0.690. The molecule has 0 aliphatic heterocycles. The summed E-state index contributed by atoms with van der Waals surface area (Å²) in [5.41, 5.74) is 2.58. The van der Waals surface area contributed by atoms with Crippen molar-refractivity contribution in [2.24, 2.45) is 0 Å². The van der Waals surface area contributed by atoms with Crippen molar-refractivity contribution in [2.45, 2.75) is 26.1 Å². The molecule has 84 valence electrons. The summed E-state index contributed by atoms with van der Waals surface area (Å²) in [4.78, 5) is 0. The van der Waals surface area contributed by atoms with Crippen LogP contribution >= 0.6 is 0 Å². The van der Waals surface area contributed by atoms with Crippen molar-refractivity contribution in [2.75, 3.05) is 0 Å². The molecule has 0 aromatic heterocycles. The second-order valence-electron chi connectivity index (χ2n) is 4.10. The van der Waals surface area contributed by atoms with Crippen molar-refractivity contribution in [1.82, 2.24) is 0 Å². The van der Waals surface area contributed by atoms with Gasteiger partial charge in [-0.05, 0) is 18.9 Å². The van der Waals surface area contributed by atoms with E-state index in [9.17, 15) is 0 Å². The summed E-state index contributed by atoms with van der Waals surface area (Å²) in [6.07, 6.45) is 1.25. The first kappa shape index (κ1) is 11.0. The van der Waals surface area contributed by atoms with Gasteiger partial charge in [-0.1, -0.05) is 30.3 Å². The molecule has 1 heteroatoms. The third-order valence-electron chi connectivity index (χ3n) is 2.63. The number of ether oxygens (including phenoxy) is 1. The van der Waals surface area contributed by atoms with Crippen LogP contribution in [-0.4, -0.2) is 6.10 Å². The maximum atomic E-state index is 5.80. The van der Waals surface area contributed by atoms with Crippen molar-refractivity contribution in [3.8, 4) is 0 Å². The smallest absolute Gasteiger partial charge is 0.0720 e. The Kier molecular flexibility index (Phi) is 3.84. The second-order valence-corrected chi connectivity index (χ2v) is 4.10. The molecular formula is C15H17O-. The predicted molar refractivity (Wildman–Crippen MR) is 66.4 cm³/mol. The van der Waals surface area contributed by atoms with Crippen LogP contribution in [0.4, 0.5) is 0 Å². The van der Waals surface area contributed by atoms with Gasteiger partial charge in [-0.25, -0.2) is 12.1 Å². The highest BCUT2D eigenvalue weighted by Gasteiger charge is 2.01. The summed E-state index contributed by atoms with van der Waals surface area (Å²) in [5, 5.41) is 0. The Labute approximate surface area is 97.1 Å². The summed E-state index contributed by atoms with van der Waals surface area (Å²) < 4.78 is 5.80. The SMILES string of the molecule is C[C@H](Cc1ccc[cH-]1)OCc1ccccc1. The molecule has 0 spiro atoms. The first-order valence-corrected chi connectivity index (χ1v) is 5.71. The standard InChI is InChI=1S/C15H17O/c1-13(11-14-7-5-6-8-14)16-12-15-9-3-2-4-10-15/h2-10,13H,11-12H2,1H3/q-1/t13-/m1/s1. The van der Waals surface area contributed by atoms with Crippen LogP contribution in [0.5, 0.6) is 0 Å². The van der Waals surface area contributed by atoms with Crippen molar-refractivity contribution < 1.29 is 4.74 Å². The van der Waals surface area contributed by atoms with Crippen molar-refractivity contribution in [1.29, 1.82) is 0 Å². The summed E-state index contributed by atoms with van der Waals surface area (Å²) in [7, 11) is 0. The minimum Gasteiger partial charge on any atom is -0.374 e. The number of hydrogen-bond acceptors (Lipinski definition) is 1. The molecule has 0 radical (unpaired) electrons. The molecule has 0 fully saturated rings. The van der Waals surface area contributed by atoms with Crippen LogP contribution in [0.2, 0.25) is 0 Å². The van der Waals surface area contributed by atoms with Gasteiger partial charge < -0.3 is 4.74 Å². The lowest BCUT2D eigenvalue weighted by Crippen LogP contribution is -2.11. The van der Waals surface area contributed by atoms with Gasteiger partial charge in [-0.15, -0.1) is 0 Å². The van der Waals surface area contributed by atoms with E-state index in [1.165, 1.54) is 11.1 Å². The van der Waals surface area contributed by atoms with E-state index >= 15 is 0 Å². The molecule has 0 saturated carbocycles. The zero-order valence-electron chi connectivity index (χ0n) is 9.60. The van der Waals surface area contributed by atoms with Crippen LogP contribution in [0.15, 0.2) is 54.6 Å². The molecule has 2 rings (SSSR count). The van der Waals surface area contributed by atoms with E-state index in [2.05, 4.69) is 43.3 Å². The monoisotopic (exact) mass is 213 g/mol. The van der Waals surface area contributed by atoms with Gasteiger partial charge in [-0.3, -0.25) is 0 Å². The summed E-state index contributed by atoms with van der Waals surface area (Å²) in [5.74, 6) is 0. The largest absolute Gasteiger partial charge is 0.374 e. The van der Waals surface area contributed by atoms with Crippen LogP contribution < -0.4 is 0 Å². The molecular weight excluding hydrogens is 196 g/mol. The molecule has 1 nitrogen and oxygen atoms in total. The normalized spacial score (nSPS) is 12.6. The first-order valence-electron chi connectivity index (χ1n) is 5.71. The minimum absolute atomic E-state index is 0.266. The highest BCUT2D eigenvalue weighted by Crippen LogP contribution is 2.09. The predicted octanol–water partition coefficient (Wildman–Crippen LogP) is 3.55. The molecule has 0 unspecified atom stereocenters. The number of hydrogen-bond donors (Lipinski definition) is 0. The van der Waals surface area contributed by atoms with E-state index < -0.39 is 0 Å².